The maximum Gasteiger partial charge on any atom is 0.200 e. The lowest BCUT2D eigenvalue weighted by Crippen LogP contribution is -2.30. The summed E-state index contributed by atoms with van der Waals surface area (Å²) >= 11 is 0. The number of halogens is 5. The number of benzene rings is 1. The van der Waals surface area contributed by atoms with Crippen molar-refractivity contribution in [2.75, 3.05) is 0 Å². The van der Waals surface area contributed by atoms with E-state index in [-0.39, 0.29) is 6.42 Å². The molecule has 1 aromatic carbocycles. The van der Waals surface area contributed by atoms with Crippen LogP contribution in [0, 0.1) is 35.0 Å². The van der Waals surface area contributed by atoms with E-state index in [0.29, 0.717) is 12.3 Å². The maximum atomic E-state index is 13.6. The minimum atomic E-state index is -2.16. The van der Waals surface area contributed by atoms with Gasteiger partial charge >= 0.3 is 0 Å². The zero-order valence-electron chi connectivity index (χ0n) is 9.95. The zero-order chi connectivity index (χ0) is 14.2. The first kappa shape index (κ1) is 14.2. The molecule has 7 heteroatoms. The number of hydrazine groups is 1. The molecule has 2 rings (SSSR count). The molecular formula is C12H13F5N2. The summed E-state index contributed by atoms with van der Waals surface area (Å²) in [5, 5.41) is 0. The number of rotatable bonds is 5. The van der Waals surface area contributed by atoms with Crippen LogP contribution in [0.2, 0.25) is 0 Å². The van der Waals surface area contributed by atoms with Gasteiger partial charge in [-0.2, -0.15) is 0 Å². The second-order valence-corrected chi connectivity index (χ2v) is 4.72. The lowest BCUT2D eigenvalue weighted by Gasteiger charge is -2.18. The molecule has 106 valence electrons. The molecule has 0 aliphatic heterocycles. The normalized spacial score (nSPS) is 16.7. The predicted molar refractivity (Wildman–Crippen MR) is 58.3 cm³/mol. The van der Waals surface area contributed by atoms with E-state index in [0.717, 1.165) is 12.8 Å². The molecule has 1 saturated carbocycles. The van der Waals surface area contributed by atoms with Crippen LogP contribution in [0.1, 0.15) is 37.3 Å². The standard InChI is InChI=1S/C12H13F5N2/c13-8-7(6(19-18)4-3-5-1-2-5)9(14)11(16)12(17)10(8)15/h5-6,19H,1-4,18H2. The maximum absolute atomic E-state index is 13.6. The Balaban J connectivity index is 2.34. The lowest BCUT2D eigenvalue weighted by atomic mass is 9.99. The quantitative estimate of drug-likeness (QED) is 0.286. The van der Waals surface area contributed by atoms with Crippen molar-refractivity contribution >= 4 is 0 Å². The number of hydrogen-bond donors (Lipinski definition) is 2. The molecule has 1 unspecified atom stereocenters. The fourth-order valence-electron chi connectivity index (χ4n) is 2.05. The van der Waals surface area contributed by atoms with Gasteiger partial charge in [-0.15, -0.1) is 0 Å². The van der Waals surface area contributed by atoms with Gasteiger partial charge in [-0.25, -0.2) is 22.0 Å². The van der Waals surface area contributed by atoms with Crippen molar-refractivity contribution in [2.45, 2.75) is 31.7 Å². The summed E-state index contributed by atoms with van der Waals surface area (Å²) < 4.78 is 66.2. The van der Waals surface area contributed by atoms with Gasteiger partial charge in [-0.05, 0) is 18.8 Å². The fraction of sp³-hybridized carbons (Fsp3) is 0.500. The molecule has 0 spiro atoms. The third kappa shape index (κ3) is 2.71. The summed E-state index contributed by atoms with van der Waals surface area (Å²) in [6, 6.07) is -1.09. The summed E-state index contributed by atoms with van der Waals surface area (Å²) in [6.45, 7) is 0. The highest BCUT2D eigenvalue weighted by atomic mass is 19.2. The van der Waals surface area contributed by atoms with Crippen molar-refractivity contribution in [1.82, 2.24) is 5.43 Å². The van der Waals surface area contributed by atoms with E-state index in [1.165, 1.54) is 0 Å². The molecule has 1 aromatic rings. The van der Waals surface area contributed by atoms with Crippen molar-refractivity contribution in [3.63, 3.8) is 0 Å². The molecule has 0 bridgehead atoms. The Labute approximate surface area is 106 Å². The Morgan fingerprint density at radius 1 is 0.947 bits per heavy atom. The van der Waals surface area contributed by atoms with Gasteiger partial charge in [0.2, 0.25) is 5.82 Å². The van der Waals surface area contributed by atoms with Gasteiger partial charge in [0, 0.05) is 5.56 Å². The highest BCUT2D eigenvalue weighted by Crippen LogP contribution is 2.37. The molecule has 0 heterocycles. The van der Waals surface area contributed by atoms with Gasteiger partial charge in [0.15, 0.2) is 23.3 Å². The fourth-order valence-corrected chi connectivity index (χ4v) is 2.05. The minimum absolute atomic E-state index is 0.222. The summed E-state index contributed by atoms with van der Waals surface area (Å²) in [6.07, 6.45) is 2.90. The molecule has 0 saturated heterocycles. The van der Waals surface area contributed by atoms with Crippen molar-refractivity contribution in [3.05, 3.63) is 34.6 Å². The van der Waals surface area contributed by atoms with Crippen LogP contribution < -0.4 is 11.3 Å². The first-order chi connectivity index (χ1) is 8.97. The van der Waals surface area contributed by atoms with Gasteiger partial charge in [0.25, 0.3) is 0 Å². The SMILES string of the molecule is NNC(CCC1CC1)c1c(F)c(F)c(F)c(F)c1F. The van der Waals surface area contributed by atoms with Crippen LogP contribution in [0.3, 0.4) is 0 Å². The highest BCUT2D eigenvalue weighted by molar-refractivity contribution is 5.27. The molecule has 1 fully saturated rings. The van der Waals surface area contributed by atoms with Crippen molar-refractivity contribution < 1.29 is 22.0 Å². The molecule has 19 heavy (non-hydrogen) atoms. The van der Waals surface area contributed by atoms with Gasteiger partial charge in [-0.3, -0.25) is 11.3 Å². The summed E-state index contributed by atoms with van der Waals surface area (Å²) in [5.41, 5.74) is 1.23. The lowest BCUT2D eigenvalue weighted by molar-refractivity contribution is 0.350. The van der Waals surface area contributed by atoms with Crippen molar-refractivity contribution in [3.8, 4) is 0 Å². The molecule has 1 aliphatic rings. The monoisotopic (exact) mass is 280 g/mol. The average Bonchev–Trinajstić information content (AvgIpc) is 3.22. The van der Waals surface area contributed by atoms with Crippen molar-refractivity contribution in [2.24, 2.45) is 11.8 Å². The molecule has 1 atom stereocenters. The van der Waals surface area contributed by atoms with Crippen LogP contribution in [-0.2, 0) is 0 Å². The van der Waals surface area contributed by atoms with E-state index < -0.39 is 40.7 Å². The molecule has 0 radical (unpaired) electrons. The van der Waals surface area contributed by atoms with E-state index in [1.54, 1.807) is 0 Å². The number of nitrogens with one attached hydrogen (secondary N) is 1. The smallest absolute Gasteiger partial charge is 0.200 e. The highest BCUT2D eigenvalue weighted by Gasteiger charge is 2.31. The summed E-state index contributed by atoms with van der Waals surface area (Å²) in [7, 11) is 0. The van der Waals surface area contributed by atoms with Gasteiger partial charge in [0.1, 0.15) is 0 Å². The largest absolute Gasteiger partial charge is 0.271 e. The van der Waals surface area contributed by atoms with E-state index >= 15 is 0 Å². The van der Waals surface area contributed by atoms with Crippen LogP contribution in [0.15, 0.2) is 0 Å². The Bertz CT molecular complexity index is 458. The molecule has 1 aliphatic carbocycles. The average molecular weight is 280 g/mol. The minimum Gasteiger partial charge on any atom is -0.271 e. The van der Waals surface area contributed by atoms with Gasteiger partial charge in [-0.1, -0.05) is 12.8 Å². The van der Waals surface area contributed by atoms with E-state index in [1.807, 2.05) is 0 Å². The Morgan fingerprint density at radius 2 is 1.42 bits per heavy atom. The zero-order valence-corrected chi connectivity index (χ0v) is 9.95. The third-order valence-electron chi connectivity index (χ3n) is 3.35. The Hall–Kier alpha value is -1.21. The molecule has 0 amide bonds. The van der Waals surface area contributed by atoms with E-state index in [4.69, 9.17) is 5.84 Å². The summed E-state index contributed by atoms with van der Waals surface area (Å²) in [5.74, 6) is -4.07. The van der Waals surface area contributed by atoms with Crippen LogP contribution in [0.4, 0.5) is 22.0 Å². The first-order valence-electron chi connectivity index (χ1n) is 5.94. The number of nitrogens with two attached hydrogens (primary N) is 1. The van der Waals surface area contributed by atoms with Crippen LogP contribution in [0.25, 0.3) is 0 Å². The van der Waals surface area contributed by atoms with Crippen LogP contribution >= 0.6 is 0 Å². The molecule has 2 nitrogen and oxygen atoms in total. The van der Waals surface area contributed by atoms with Gasteiger partial charge in [0.05, 0.1) is 6.04 Å². The van der Waals surface area contributed by atoms with Crippen LogP contribution in [0.5, 0.6) is 0 Å². The Kier molecular flexibility index (Phi) is 4.05. The third-order valence-corrected chi connectivity index (χ3v) is 3.35. The van der Waals surface area contributed by atoms with Gasteiger partial charge < -0.3 is 0 Å². The van der Waals surface area contributed by atoms with Crippen molar-refractivity contribution in [1.29, 1.82) is 0 Å². The molecular weight excluding hydrogens is 267 g/mol. The first-order valence-corrected chi connectivity index (χ1v) is 5.94. The predicted octanol–water partition coefficient (Wildman–Crippen LogP) is 3.08. The topological polar surface area (TPSA) is 38.0 Å². The van der Waals surface area contributed by atoms with Crippen LogP contribution in [-0.4, -0.2) is 0 Å². The molecule has 3 N–H and O–H groups in total. The summed E-state index contributed by atoms with van der Waals surface area (Å²) in [4.78, 5) is 0. The Morgan fingerprint density at radius 3 is 1.84 bits per heavy atom. The van der Waals surface area contributed by atoms with E-state index in [9.17, 15) is 22.0 Å². The molecule has 0 aromatic heterocycles. The second kappa shape index (κ2) is 5.42. The number of hydrogen-bond acceptors (Lipinski definition) is 2. The van der Waals surface area contributed by atoms with E-state index in [2.05, 4.69) is 5.43 Å². The second-order valence-electron chi connectivity index (χ2n) is 4.72.